The fraction of sp³-hybridized carbons (Fsp3) is 1.00. The molecule has 2 nitrogen and oxygen atoms in total. The minimum atomic E-state index is 0.262. The summed E-state index contributed by atoms with van der Waals surface area (Å²) in [5.41, 5.74) is 3.30. The third-order valence-electron chi connectivity index (χ3n) is 1.85. The van der Waals surface area contributed by atoms with Crippen molar-refractivity contribution in [2.45, 2.75) is 46.6 Å². The second-order valence-corrected chi connectivity index (χ2v) is 4.14. The van der Waals surface area contributed by atoms with Gasteiger partial charge in [-0.2, -0.15) is 4.94 Å². The highest BCUT2D eigenvalue weighted by molar-refractivity contribution is 6.13. The summed E-state index contributed by atoms with van der Waals surface area (Å²) in [6.07, 6.45) is 2.32. The monoisotopic (exact) mass is 178 g/mol. The zero-order valence-electron chi connectivity index (χ0n) is 7.87. The molecule has 0 saturated heterocycles. The first kappa shape index (κ1) is 11.2. The normalized spacial score (nSPS) is 15.0. The lowest BCUT2D eigenvalue weighted by atomic mass is 9.85. The minimum absolute atomic E-state index is 0.262. The van der Waals surface area contributed by atoms with Gasteiger partial charge in [0, 0.05) is 6.04 Å². The SMILES string of the molecule is CCCC(NNCl)C(C)(C)C. The maximum Gasteiger partial charge on any atom is 0.0273 e. The van der Waals surface area contributed by atoms with E-state index < -0.39 is 0 Å². The number of hydrogen-bond donors (Lipinski definition) is 2. The van der Waals surface area contributed by atoms with E-state index in [0.717, 1.165) is 6.42 Å². The Kier molecular flexibility index (Phi) is 5.06. The number of nitrogens with one attached hydrogen (secondary N) is 2. The van der Waals surface area contributed by atoms with Crippen LogP contribution in [0.2, 0.25) is 0 Å². The van der Waals surface area contributed by atoms with Crippen molar-refractivity contribution in [3.05, 3.63) is 0 Å². The molecule has 0 aliphatic heterocycles. The molecule has 0 aliphatic carbocycles. The maximum absolute atomic E-state index is 5.38. The van der Waals surface area contributed by atoms with E-state index in [1.807, 2.05) is 0 Å². The number of hydrogen-bond acceptors (Lipinski definition) is 2. The largest absolute Gasteiger partial charge is 0.240 e. The van der Waals surface area contributed by atoms with E-state index in [1.54, 1.807) is 0 Å². The van der Waals surface area contributed by atoms with E-state index in [9.17, 15) is 0 Å². The third-order valence-corrected chi connectivity index (χ3v) is 1.96. The van der Waals surface area contributed by atoms with Gasteiger partial charge in [-0.25, -0.2) is 5.43 Å². The van der Waals surface area contributed by atoms with Crippen molar-refractivity contribution in [2.24, 2.45) is 5.41 Å². The van der Waals surface area contributed by atoms with Crippen molar-refractivity contribution >= 4 is 11.8 Å². The van der Waals surface area contributed by atoms with Gasteiger partial charge in [-0.3, -0.25) is 0 Å². The smallest absolute Gasteiger partial charge is 0.0273 e. The quantitative estimate of drug-likeness (QED) is 0.511. The first-order valence-electron chi connectivity index (χ1n) is 4.13. The Balaban J connectivity index is 3.88. The predicted octanol–water partition coefficient (Wildman–Crippen LogP) is 2.45. The maximum atomic E-state index is 5.38. The van der Waals surface area contributed by atoms with Gasteiger partial charge in [-0.05, 0) is 23.6 Å². The standard InChI is InChI=1S/C8H19ClN2/c1-5-6-7(10-11-9)8(2,3)4/h7,10-11H,5-6H2,1-4H3. The van der Waals surface area contributed by atoms with Crippen LogP contribution in [0.3, 0.4) is 0 Å². The molecule has 1 unspecified atom stereocenters. The van der Waals surface area contributed by atoms with E-state index >= 15 is 0 Å². The van der Waals surface area contributed by atoms with Crippen LogP contribution in [0.1, 0.15) is 40.5 Å². The van der Waals surface area contributed by atoms with Crippen molar-refractivity contribution in [2.75, 3.05) is 0 Å². The molecule has 0 aliphatic rings. The average Bonchev–Trinajstić information content (AvgIpc) is 1.85. The molecule has 0 heterocycles. The van der Waals surface area contributed by atoms with E-state index in [2.05, 4.69) is 38.1 Å². The molecular weight excluding hydrogens is 160 g/mol. The molecule has 68 valence electrons. The summed E-state index contributed by atoms with van der Waals surface area (Å²) in [7, 11) is 0. The van der Waals surface area contributed by atoms with Gasteiger partial charge < -0.3 is 0 Å². The summed E-state index contributed by atoms with van der Waals surface area (Å²) in [6.45, 7) is 8.78. The number of halogens is 1. The summed E-state index contributed by atoms with van der Waals surface area (Å²) in [5, 5.41) is 0. The topological polar surface area (TPSA) is 24.1 Å². The summed E-state index contributed by atoms with van der Waals surface area (Å²) >= 11 is 5.38. The van der Waals surface area contributed by atoms with Gasteiger partial charge in [-0.1, -0.05) is 34.1 Å². The molecule has 0 rings (SSSR count). The highest BCUT2D eigenvalue weighted by atomic mass is 35.5. The van der Waals surface area contributed by atoms with Crippen LogP contribution in [-0.2, 0) is 0 Å². The predicted molar refractivity (Wildman–Crippen MR) is 50.3 cm³/mol. The van der Waals surface area contributed by atoms with Crippen LogP contribution in [0, 0.1) is 5.41 Å². The second-order valence-electron chi connectivity index (χ2n) is 3.95. The van der Waals surface area contributed by atoms with Gasteiger partial charge in [0.2, 0.25) is 0 Å². The molecule has 11 heavy (non-hydrogen) atoms. The Morgan fingerprint density at radius 1 is 1.36 bits per heavy atom. The van der Waals surface area contributed by atoms with Gasteiger partial charge in [0.15, 0.2) is 0 Å². The Labute approximate surface area is 74.8 Å². The molecule has 0 spiro atoms. The lowest BCUT2D eigenvalue weighted by molar-refractivity contribution is 0.246. The molecule has 3 heteroatoms. The van der Waals surface area contributed by atoms with Gasteiger partial charge >= 0.3 is 0 Å². The van der Waals surface area contributed by atoms with Crippen LogP contribution in [0.4, 0.5) is 0 Å². The van der Waals surface area contributed by atoms with Crippen molar-refractivity contribution in [3.63, 3.8) is 0 Å². The summed E-state index contributed by atoms with van der Waals surface area (Å²) in [5.74, 6) is 0. The van der Waals surface area contributed by atoms with Gasteiger partial charge in [0.1, 0.15) is 0 Å². The number of rotatable bonds is 4. The molecule has 0 bridgehead atoms. The van der Waals surface area contributed by atoms with Crippen molar-refractivity contribution in [3.8, 4) is 0 Å². The van der Waals surface area contributed by atoms with Crippen LogP contribution in [0.15, 0.2) is 0 Å². The lowest BCUT2D eigenvalue weighted by Gasteiger charge is -2.30. The van der Waals surface area contributed by atoms with Crippen molar-refractivity contribution in [1.29, 1.82) is 0 Å². The van der Waals surface area contributed by atoms with Gasteiger partial charge in [-0.15, -0.1) is 0 Å². The highest BCUT2D eigenvalue weighted by Gasteiger charge is 2.22. The molecule has 1 atom stereocenters. The van der Waals surface area contributed by atoms with Crippen molar-refractivity contribution < 1.29 is 0 Å². The van der Waals surface area contributed by atoms with Crippen molar-refractivity contribution in [1.82, 2.24) is 10.4 Å². The first-order valence-corrected chi connectivity index (χ1v) is 4.51. The average molecular weight is 179 g/mol. The first-order chi connectivity index (χ1) is 5.02. The Bertz CT molecular complexity index is 92.8. The van der Waals surface area contributed by atoms with E-state index in [0.29, 0.717) is 6.04 Å². The molecular formula is C8H19ClN2. The van der Waals surface area contributed by atoms with Crippen LogP contribution in [0.25, 0.3) is 0 Å². The molecule has 0 fully saturated rings. The lowest BCUT2D eigenvalue weighted by Crippen LogP contribution is -2.44. The fourth-order valence-corrected chi connectivity index (χ4v) is 1.21. The fourth-order valence-electron chi connectivity index (χ4n) is 1.08. The van der Waals surface area contributed by atoms with Crippen LogP contribution >= 0.6 is 11.8 Å². The Morgan fingerprint density at radius 3 is 2.18 bits per heavy atom. The summed E-state index contributed by atoms with van der Waals surface area (Å²) in [4.78, 5) is 2.48. The van der Waals surface area contributed by atoms with Gasteiger partial charge in [0.25, 0.3) is 0 Å². The zero-order valence-corrected chi connectivity index (χ0v) is 8.63. The van der Waals surface area contributed by atoms with E-state index in [-0.39, 0.29) is 5.41 Å². The third kappa shape index (κ3) is 4.62. The summed E-state index contributed by atoms with van der Waals surface area (Å²) in [6, 6.07) is 0.435. The van der Waals surface area contributed by atoms with Crippen LogP contribution in [0.5, 0.6) is 0 Å². The second kappa shape index (κ2) is 4.96. The summed E-state index contributed by atoms with van der Waals surface area (Å²) < 4.78 is 0. The van der Waals surface area contributed by atoms with Crippen LogP contribution in [-0.4, -0.2) is 6.04 Å². The molecule has 2 N–H and O–H groups in total. The Hall–Kier alpha value is 0.210. The Morgan fingerprint density at radius 2 is 1.91 bits per heavy atom. The number of hydrazine groups is 1. The van der Waals surface area contributed by atoms with Crippen LogP contribution < -0.4 is 10.4 Å². The molecule has 0 aromatic carbocycles. The minimum Gasteiger partial charge on any atom is -0.240 e. The molecule has 0 saturated carbocycles. The molecule has 0 amide bonds. The molecule has 0 radical (unpaired) electrons. The van der Waals surface area contributed by atoms with Gasteiger partial charge in [0.05, 0.1) is 0 Å². The molecule has 0 aromatic heterocycles. The highest BCUT2D eigenvalue weighted by Crippen LogP contribution is 2.22. The zero-order chi connectivity index (χ0) is 8.91. The molecule has 0 aromatic rings. The van der Waals surface area contributed by atoms with E-state index in [1.165, 1.54) is 6.42 Å². The van der Waals surface area contributed by atoms with E-state index in [4.69, 9.17) is 11.8 Å².